The van der Waals surface area contributed by atoms with Crippen LogP contribution in [0.25, 0.3) is 10.9 Å². The van der Waals surface area contributed by atoms with Gasteiger partial charge in [0.1, 0.15) is 5.82 Å². The first-order chi connectivity index (χ1) is 10.2. The highest BCUT2D eigenvalue weighted by Gasteiger charge is 2.28. The van der Waals surface area contributed by atoms with Gasteiger partial charge >= 0.3 is 0 Å². The number of hydrogen-bond donors (Lipinski definition) is 0. The minimum atomic E-state index is 0.0789. The highest BCUT2D eigenvalue weighted by Crippen LogP contribution is 2.34. The lowest BCUT2D eigenvalue weighted by atomic mass is 10.1. The van der Waals surface area contributed by atoms with E-state index in [2.05, 4.69) is 18.0 Å². The standard InChI is InChI=1S/C18H14N2O/c1-12-6-8-15-13(10-12)7-9-17(19-15)20-16-5-3-2-4-14(16)11-18(20)21/h2-10H,11H2,1H3. The molecule has 1 aliphatic heterocycles. The molecular formula is C18H14N2O. The summed E-state index contributed by atoms with van der Waals surface area (Å²) in [7, 11) is 0. The SMILES string of the molecule is Cc1ccc2nc(N3C(=O)Cc4ccccc43)ccc2c1. The van der Waals surface area contributed by atoms with Gasteiger partial charge in [-0.25, -0.2) is 4.98 Å². The lowest BCUT2D eigenvalue weighted by Gasteiger charge is -2.17. The number of carbonyl (C=O) groups is 1. The van der Waals surface area contributed by atoms with Gasteiger partial charge in [-0.05, 0) is 42.8 Å². The largest absolute Gasteiger partial charge is 0.274 e. The van der Waals surface area contributed by atoms with Crippen molar-refractivity contribution in [3.05, 3.63) is 65.7 Å². The number of anilines is 2. The quantitative estimate of drug-likeness (QED) is 0.677. The van der Waals surface area contributed by atoms with Gasteiger partial charge in [-0.1, -0.05) is 29.8 Å². The van der Waals surface area contributed by atoms with Crippen LogP contribution < -0.4 is 4.90 Å². The van der Waals surface area contributed by atoms with Crippen LogP contribution in [0.15, 0.2) is 54.6 Å². The fourth-order valence-corrected chi connectivity index (χ4v) is 2.86. The van der Waals surface area contributed by atoms with Crippen molar-refractivity contribution in [3.63, 3.8) is 0 Å². The van der Waals surface area contributed by atoms with Crippen molar-refractivity contribution in [2.45, 2.75) is 13.3 Å². The van der Waals surface area contributed by atoms with Crippen LogP contribution in [0.3, 0.4) is 0 Å². The van der Waals surface area contributed by atoms with E-state index in [1.165, 1.54) is 5.56 Å². The number of amides is 1. The van der Waals surface area contributed by atoms with Crippen LogP contribution in [0.2, 0.25) is 0 Å². The molecule has 0 bridgehead atoms. The van der Waals surface area contributed by atoms with Crippen LogP contribution >= 0.6 is 0 Å². The second kappa shape index (κ2) is 4.42. The van der Waals surface area contributed by atoms with Crippen molar-refractivity contribution < 1.29 is 4.79 Å². The Morgan fingerprint density at radius 1 is 1.05 bits per heavy atom. The first-order valence-electron chi connectivity index (χ1n) is 7.01. The van der Waals surface area contributed by atoms with Crippen LogP contribution in [0, 0.1) is 6.92 Å². The van der Waals surface area contributed by atoms with E-state index < -0.39 is 0 Å². The van der Waals surface area contributed by atoms with E-state index in [1.54, 1.807) is 4.90 Å². The van der Waals surface area contributed by atoms with E-state index in [0.29, 0.717) is 12.2 Å². The van der Waals surface area contributed by atoms with Gasteiger partial charge in [-0.15, -0.1) is 0 Å². The second-order valence-electron chi connectivity index (χ2n) is 5.40. The van der Waals surface area contributed by atoms with Crippen molar-refractivity contribution in [1.29, 1.82) is 0 Å². The number of benzene rings is 2. The van der Waals surface area contributed by atoms with Crippen molar-refractivity contribution in [3.8, 4) is 0 Å². The van der Waals surface area contributed by atoms with Crippen molar-refractivity contribution in [1.82, 2.24) is 4.98 Å². The minimum absolute atomic E-state index is 0.0789. The number of hydrogen-bond acceptors (Lipinski definition) is 2. The molecule has 0 N–H and O–H groups in total. The third-order valence-electron chi connectivity index (χ3n) is 3.88. The maximum absolute atomic E-state index is 12.3. The molecule has 2 heterocycles. The third-order valence-corrected chi connectivity index (χ3v) is 3.88. The van der Waals surface area contributed by atoms with Gasteiger partial charge in [0.2, 0.25) is 5.91 Å². The molecule has 0 radical (unpaired) electrons. The summed E-state index contributed by atoms with van der Waals surface area (Å²) in [6, 6.07) is 18.0. The summed E-state index contributed by atoms with van der Waals surface area (Å²) < 4.78 is 0. The smallest absolute Gasteiger partial charge is 0.237 e. The first-order valence-corrected chi connectivity index (χ1v) is 7.01. The normalized spacial score (nSPS) is 13.8. The van der Waals surface area contributed by atoms with Gasteiger partial charge in [-0.2, -0.15) is 0 Å². The lowest BCUT2D eigenvalue weighted by molar-refractivity contribution is -0.116. The Kier molecular flexibility index (Phi) is 2.54. The Hall–Kier alpha value is -2.68. The number of nitrogens with zero attached hydrogens (tertiary/aromatic N) is 2. The molecule has 0 saturated carbocycles. The molecule has 102 valence electrons. The van der Waals surface area contributed by atoms with Crippen molar-refractivity contribution in [2.75, 3.05) is 4.90 Å². The molecule has 0 spiro atoms. The number of carbonyl (C=O) groups excluding carboxylic acids is 1. The topological polar surface area (TPSA) is 33.2 Å². The number of pyridine rings is 1. The zero-order valence-electron chi connectivity index (χ0n) is 11.7. The number of para-hydroxylation sites is 1. The number of aryl methyl sites for hydroxylation is 1. The zero-order valence-corrected chi connectivity index (χ0v) is 11.7. The van der Waals surface area contributed by atoms with Gasteiger partial charge in [-0.3, -0.25) is 9.69 Å². The van der Waals surface area contributed by atoms with Gasteiger partial charge in [0.25, 0.3) is 0 Å². The maximum Gasteiger partial charge on any atom is 0.237 e. The molecule has 2 aromatic carbocycles. The highest BCUT2D eigenvalue weighted by atomic mass is 16.2. The molecule has 1 amide bonds. The molecule has 21 heavy (non-hydrogen) atoms. The fraction of sp³-hybridized carbons (Fsp3) is 0.111. The van der Waals surface area contributed by atoms with Gasteiger partial charge in [0, 0.05) is 5.39 Å². The molecule has 0 atom stereocenters. The third kappa shape index (κ3) is 1.89. The summed E-state index contributed by atoms with van der Waals surface area (Å²) in [5, 5.41) is 1.10. The molecule has 0 saturated heterocycles. The van der Waals surface area contributed by atoms with Gasteiger partial charge in [0.15, 0.2) is 0 Å². The summed E-state index contributed by atoms with van der Waals surface area (Å²) in [6.07, 6.45) is 0.448. The molecule has 3 aromatic rings. The minimum Gasteiger partial charge on any atom is -0.274 e. The van der Waals surface area contributed by atoms with Crippen LogP contribution in [0.5, 0.6) is 0 Å². The fourth-order valence-electron chi connectivity index (χ4n) is 2.86. The van der Waals surface area contributed by atoms with E-state index in [4.69, 9.17) is 0 Å². The maximum atomic E-state index is 12.3. The second-order valence-corrected chi connectivity index (χ2v) is 5.40. The number of fused-ring (bicyclic) bond motifs is 2. The molecule has 1 aliphatic rings. The van der Waals surface area contributed by atoms with Crippen molar-refractivity contribution >= 4 is 28.3 Å². The first kappa shape index (κ1) is 12.1. The zero-order chi connectivity index (χ0) is 14.4. The van der Waals surface area contributed by atoms with E-state index in [0.717, 1.165) is 22.2 Å². The molecule has 4 rings (SSSR count). The predicted molar refractivity (Wildman–Crippen MR) is 83.8 cm³/mol. The van der Waals surface area contributed by atoms with Gasteiger partial charge in [0.05, 0.1) is 17.6 Å². The molecule has 1 aromatic heterocycles. The Morgan fingerprint density at radius 3 is 2.81 bits per heavy atom. The van der Waals surface area contributed by atoms with Crippen LogP contribution in [-0.4, -0.2) is 10.9 Å². The van der Waals surface area contributed by atoms with Gasteiger partial charge < -0.3 is 0 Å². The Balaban J connectivity index is 1.87. The van der Waals surface area contributed by atoms with Crippen LogP contribution in [-0.2, 0) is 11.2 Å². The molecule has 3 nitrogen and oxygen atoms in total. The summed E-state index contributed by atoms with van der Waals surface area (Å²) in [5.74, 6) is 0.775. The van der Waals surface area contributed by atoms with Crippen molar-refractivity contribution in [2.24, 2.45) is 0 Å². The van der Waals surface area contributed by atoms with E-state index in [1.807, 2.05) is 48.5 Å². The lowest BCUT2D eigenvalue weighted by Crippen LogP contribution is -2.21. The van der Waals surface area contributed by atoms with E-state index >= 15 is 0 Å². The Bertz CT molecular complexity index is 870. The summed E-state index contributed by atoms with van der Waals surface area (Å²) in [4.78, 5) is 18.7. The van der Waals surface area contributed by atoms with E-state index in [-0.39, 0.29) is 5.91 Å². The molecule has 0 aliphatic carbocycles. The average molecular weight is 274 g/mol. The predicted octanol–water partition coefficient (Wildman–Crippen LogP) is 3.76. The summed E-state index contributed by atoms with van der Waals surface area (Å²) >= 11 is 0. The average Bonchev–Trinajstić information content (AvgIpc) is 2.82. The Morgan fingerprint density at radius 2 is 1.90 bits per heavy atom. The highest BCUT2D eigenvalue weighted by molar-refractivity contribution is 6.07. The summed E-state index contributed by atoms with van der Waals surface area (Å²) in [5.41, 5.74) is 4.13. The Labute approximate surface area is 122 Å². The molecule has 3 heteroatoms. The summed E-state index contributed by atoms with van der Waals surface area (Å²) in [6.45, 7) is 2.06. The van der Waals surface area contributed by atoms with E-state index in [9.17, 15) is 4.79 Å². The molecule has 0 fully saturated rings. The number of aromatic nitrogens is 1. The molecule has 0 unspecified atom stereocenters. The number of rotatable bonds is 1. The molecular weight excluding hydrogens is 260 g/mol. The van der Waals surface area contributed by atoms with Crippen LogP contribution in [0.4, 0.5) is 11.5 Å². The van der Waals surface area contributed by atoms with Crippen LogP contribution in [0.1, 0.15) is 11.1 Å². The monoisotopic (exact) mass is 274 g/mol.